The lowest BCUT2D eigenvalue weighted by Gasteiger charge is -2.15. The van der Waals surface area contributed by atoms with E-state index in [0.717, 1.165) is 18.7 Å². The number of rotatable bonds is 5. The fourth-order valence-electron chi connectivity index (χ4n) is 2.63. The fourth-order valence-corrected chi connectivity index (χ4v) is 3.10. The first-order chi connectivity index (χ1) is 11.1. The third kappa shape index (κ3) is 3.97. The average molecular weight is 345 g/mol. The van der Waals surface area contributed by atoms with E-state index in [0.29, 0.717) is 10.0 Å². The van der Waals surface area contributed by atoms with Crippen molar-refractivity contribution < 1.29 is 0 Å². The summed E-state index contributed by atoms with van der Waals surface area (Å²) < 4.78 is 0. The van der Waals surface area contributed by atoms with Gasteiger partial charge in [0.2, 0.25) is 0 Å². The minimum absolute atomic E-state index is 0.656. The van der Waals surface area contributed by atoms with Gasteiger partial charge in [0.1, 0.15) is 0 Å². The minimum atomic E-state index is 0.656. The number of nitrogens with one attached hydrogen (secondary N) is 1. The van der Waals surface area contributed by atoms with Gasteiger partial charge in [-0.15, -0.1) is 0 Å². The third-order valence-corrected chi connectivity index (χ3v) is 4.35. The van der Waals surface area contributed by atoms with E-state index in [9.17, 15) is 0 Å². The van der Waals surface area contributed by atoms with Gasteiger partial charge in [0.15, 0.2) is 0 Å². The predicted octanol–water partition coefficient (Wildman–Crippen LogP) is 5.62. The Labute approximate surface area is 146 Å². The first kappa shape index (κ1) is 16.1. The Hall–Kier alpha value is -1.74. The second-order valence-electron chi connectivity index (χ2n) is 5.62. The summed E-state index contributed by atoms with van der Waals surface area (Å²) in [5.41, 5.74) is 3.49. The van der Waals surface area contributed by atoms with Crippen molar-refractivity contribution in [3.05, 3.63) is 75.9 Å². The van der Waals surface area contributed by atoms with Crippen LogP contribution in [0.25, 0.3) is 17.0 Å². The summed E-state index contributed by atoms with van der Waals surface area (Å²) >= 11 is 12.1. The molecule has 0 spiro atoms. The molecule has 0 fully saturated rings. The van der Waals surface area contributed by atoms with Crippen molar-refractivity contribution in [1.82, 2.24) is 9.88 Å². The van der Waals surface area contributed by atoms with Gasteiger partial charge in [-0.2, -0.15) is 0 Å². The summed E-state index contributed by atoms with van der Waals surface area (Å²) in [6, 6.07) is 14.0. The molecule has 0 bridgehead atoms. The molecule has 0 atom stereocenters. The maximum Gasteiger partial charge on any atom is 0.0499 e. The number of hydrogen-bond donors (Lipinski definition) is 1. The van der Waals surface area contributed by atoms with Crippen LogP contribution in [0.1, 0.15) is 11.1 Å². The molecule has 3 aromatic rings. The Morgan fingerprint density at radius 1 is 1.13 bits per heavy atom. The van der Waals surface area contributed by atoms with Gasteiger partial charge < -0.3 is 4.98 Å². The summed E-state index contributed by atoms with van der Waals surface area (Å²) in [6.45, 7) is 1.73. The molecule has 23 heavy (non-hydrogen) atoms. The lowest BCUT2D eigenvalue weighted by molar-refractivity contribution is 0.365. The van der Waals surface area contributed by atoms with E-state index in [1.807, 2.05) is 24.4 Å². The van der Waals surface area contributed by atoms with Crippen LogP contribution >= 0.6 is 23.2 Å². The van der Waals surface area contributed by atoms with Crippen molar-refractivity contribution in [3.8, 4) is 0 Å². The summed E-state index contributed by atoms with van der Waals surface area (Å²) in [5.74, 6) is 0. The fraction of sp³-hybridized carbons (Fsp3) is 0.158. The van der Waals surface area contributed by atoms with Crippen molar-refractivity contribution in [2.75, 3.05) is 13.6 Å². The maximum atomic E-state index is 6.17. The van der Waals surface area contributed by atoms with E-state index < -0.39 is 0 Å². The van der Waals surface area contributed by atoms with Crippen LogP contribution in [0.3, 0.4) is 0 Å². The highest BCUT2D eigenvalue weighted by Crippen LogP contribution is 2.22. The van der Waals surface area contributed by atoms with Gasteiger partial charge in [0.25, 0.3) is 0 Å². The molecule has 0 saturated heterocycles. The van der Waals surface area contributed by atoms with Crippen molar-refractivity contribution in [2.24, 2.45) is 0 Å². The van der Waals surface area contributed by atoms with Gasteiger partial charge in [-0.1, -0.05) is 59.6 Å². The van der Waals surface area contributed by atoms with Gasteiger partial charge in [0, 0.05) is 34.8 Å². The lowest BCUT2D eigenvalue weighted by Crippen LogP contribution is -2.17. The van der Waals surface area contributed by atoms with E-state index in [4.69, 9.17) is 23.2 Å². The molecule has 3 rings (SSSR count). The third-order valence-electron chi connectivity index (χ3n) is 3.79. The van der Waals surface area contributed by atoms with E-state index in [-0.39, 0.29) is 0 Å². The van der Waals surface area contributed by atoms with Gasteiger partial charge >= 0.3 is 0 Å². The molecule has 1 aromatic heterocycles. The zero-order valence-corrected chi connectivity index (χ0v) is 14.4. The topological polar surface area (TPSA) is 19.0 Å². The molecule has 4 heteroatoms. The monoisotopic (exact) mass is 344 g/mol. The molecule has 0 saturated carbocycles. The van der Waals surface area contributed by atoms with E-state index in [2.05, 4.69) is 47.3 Å². The van der Waals surface area contributed by atoms with Crippen molar-refractivity contribution in [3.63, 3.8) is 0 Å². The number of aromatic amines is 1. The van der Waals surface area contributed by atoms with Gasteiger partial charge in [-0.3, -0.25) is 4.90 Å². The first-order valence-electron chi connectivity index (χ1n) is 7.48. The zero-order valence-electron chi connectivity index (χ0n) is 12.9. The summed E-state index contributed by atoms with van der Waals surface area (Å²) in [4.78, 5) is 5.57. The molecular formula is C19H18Cl2N2. The number of benzene rings is 2. The van der Waals surface area contributed by atoms with E-state index in [1.165, 1.54) is 16.5 Å². The normalized spacial score (nSPS) is 11.8. The standard InChI is InChI=1S/C19H18Cl2N2/c1-23(11-3-6-14-7-8-17(20)12-18(14)21)13-16-5-2-4-15-9-10-22-19(15)16/h2-10,12,22H,11,13H2,1H3. The van der Waals surface area contributed by atoms with Crippen LogP contribution in [-0.4, -0.2) is 23.5 Å². The SMILES string of the molecule is CN(CC=Cc1ccc(Cl)cc1Cl)Cc1cccc2cc[nH]c12. The molecule has 0 radical (unpaired) electrons. The van der Waals surface area contributed by atoms with Crippen LogP contribution in [0.2, 0.25) is 10.0 Å². The number of aromatic nitrogens is 1. The molecule has 2 aromatic carbocycles. The van der Waals surface area contributed by atoms with Crippen LogP contribution in [-0.2, 0) is 6.54 Å². The first-order valence-corrected chi connectivity index (χ1v) is 8.24. The number of H-pyrrole nitrogens is 1. The molecule has 0 amide bonds. The number of para-hydroxylation sites is 1. The predicted molar refractivity (Wildman–Crippen MR) is 100 cm³/mol. The highest BCUT2D eigenvalue weighted by atomic mass is 35.5. The zero-order chi connectivity index (χ0) is 16.2. The summed E-state index contributed by atoms with van der Waals surface area (Å²) in [6.07, 6.45) is 6.13. The maximum absolute atomic E-state index is 6.17. The summed E-state index contributed by atoms with van der Waals surface area (Å²) in [7, 11) is 2.11. The van der Waals surface area contributed by atoms with Crippen molar-refractivity contribution >= 4 is 40.2 Å². The highest BCUT2D eigenvalue weighted by Gasteiger charge is 2.04. The molecule has 1 N–H and O–H groups in total. The van der Waals surface area contributed by atoms with Gasteiger partial charge in [-0.25, -0.2) is 0 Å². The van der Waals surface area contributed by atoms with Crippen molar-refractivity contribution in [2.45, 2.75) is 6.54 Å². The Kier molecular flexibility index (Phi) is 5.06. The Morgan fingerprint density at radius 3 is 2.83 bits per heavy atom. The second-order valence-corrected chi connectivity index (χ2v) is 6.47. The van der Waals surface area contributed by atoms with Crippen molar-refractivity contribution in [1.29, 1.82) is 0 Å². The quantitative estimate of drug-likeness (QED) is 0.636. The Morgan fingerprint density at radius 2 is 2.00 bits per heavy atom. The second kappa shape index (κ2) is 7.22. The lowest BCUT2D eigenvalue weighted by atomic mass is 10.1. The largest absolute Gasteiger partial charge is 0.361 e. The summed E-state index contributed by atoms with van der Waals surface area (Å²) in [5, 5.41) is 2.58. The molecule has 0 aliphatic carbocycles. The van der Waals surface area contributed by atoms with Crippen LogP contribution in [0.5, 0.6) is 0 Å². The molecule has 0 aliphatic rings. The average Bonchev–Trinajstić information content (AvgIpc) is 2.99. The van der Waals surface area contributed by atoms with Crippen LogP contribution in [0.4, 0.5) is 0 Å². The minimum Gasteiger partial charge on any atom is -0.361 e. The molecule has 118 valence electrons. The highest BCUT2D eigenvalue weighted by molar-refractivity contribution is 6.35. The number of hydrogen-bond acceptors (Lipinski definition) is 1. The number of nitrogens with zero attached hydrogens (tertiary/aromatic N) is 1. The van der Waals surface area contributed by atoms with Crippen LogP contribution < -0.4 is 0 Å². The molecular weight excluding hydrogens is 327 g/mol. The van der Waals surface area contributed by atoms with Crippen LogP contribution in [0, 0.1) is 0 Å². The smallest absolute Gasteiger partial charge is 0.0499 e. The molecule has 2 nitrogen and oxygen atoms in total. The van der Waals surface area contributed by atoms with E-state index >= 15 is 0 Å². The molecule has 0 unspecified atom stereocenters. The van der Waals surface area contributed by atoms with Gasteiger partial charge in [0.05, 0.1) is 0 Å². The Bertz CT molecular complexity index is 836. The molecule has 0 aliphatic heterocycles. The number of likely N-dealkylation sites (N-methyl/N-ethyl adjacent to an activating group) is 1. The van der Waals surface area contributed by atoms with Crippen LogP contribution in [0.15, 0.2) is 54.7 Å². The number of halogens is 2. The Balaban J connectivity index is 1.64. The van der Waals surface area contributed by atoms with E-state index in [1.54, 1.807) is 6.07 Å². The number of fused-ring (bicyclic) bond motifs is 1. The molecule has 1 heterocycles. The van der Waals surface area contributed by atoms with Gasteiger partial charge in [-0.05, 0) is 41.8 Å².